The predicted molar refractivity (Wildman–Crippen MR) is 71.2 cm³/mol. The fourth-order valence-electron chi connectivity index (χ4n) is 1.85. The minimum atomic E-state index is -0.417. The molecule has 0 radical (unpaired) electrons. The first-order valence-electron chi connectivity index (χ1n) is 6.81. The van der Waals surface area contributed by atoms with E-state index in [1.165, 1.54) is 0 Å². The maximum Gasteiger partial charge on any atom is 0.338 e. The molecule has 3 rings (SSSR count). The average molecular weight is 292 g/mol. The van der Waals surface area contributed by atoms with Crippen molar-refractivity contribution in [1.29, 1.82) is 0 Å². The van der Waals surface area contributed by atoms with Crippen LogP contribution in [0.4, 0.5) is 0 Å². The van der Waals surface area contributed by atoms with Crippen LogP contribution in [0.25, 0.3) is 0 Å². The number of carbonyl (C=O) groups is 2. The standard InChI is InChI=1S/C15H16O6/c1-9-4-10(14(16)20-7-11-5-18-11)2-3-13(9)15(17)21-8-12-6-19-12/h2-4,11-12H,5-8H2,1H3. The van der Waals surface area contributed by atoms with E-state index in [0.29, 0.717) is 29.9 Å². The molecule has 2 unspecified atom stereocenters. The number of epoxide rings is 2. The molecule has 0 N–H and O–H groups in total. The molecule has 6 nitrogen and oxygen atoms in total. The second-order valence-electron chi connectivity index (χ2n) is 5.14. The van der Waals surface area contributed by atoms with Gasteiger partial charge in [0.25, 0.3) is 0 Å². The zero-order valence-electron chi connectivity index (χ0n) is 11.7. The first kappa shape index (κ1) is 14.0. The highest BCUT2D eigenvalue weighted by molar-refractivity contribution is 5.94. The number of rotatable bonds is 6. The summed E-state index contributed by atoms with van der Waals surface area (Å²) < 4.78 is 20.2. The van der Waals surface area contributed by atoms with Gasteiger partial charge in [0.2, 0.25) is 0 Å². The Balaban J connectivity index is 1.60. The molecule has 0 aliphatic carbocycles. The molecule has 0 amide bonds. The molecular formula is C15H16O6. The van der Waals surface area contributed by atoms with Crippen molar-refractivity contribution in [3.63, 3.8) is 0 Å². The van der Waals surface area contributed by atoms with Gasteiger partial charge in [-0.15, -0.1) is 0 Å². The van der Waals surface area contributed by atoms with Gasteiger partial charge in [-0.05, 0) is 30.7 Å². The first-order chi connectivity index (χ1) is 10.1. The van der Waals surface area contributed by atoms with Gasteiger partial charge < -0.3 is 18.9 Å². The Morgan fingerprint density at radius 3 is 2.19 bits per heavy atom. The zero-order chi connectivity index (χ0) is 14.8. The summed E-state index contributed by atoms with van der Waals surface area (Å²) in [7, 11) is 0. The lowest BCUT2D eigenvalue weighted by Crippen LogP contribution is -2.13. The van der Waals surface area contributed by atoms with Gasteiger partial charge in [-0.25, -0.2) is 9.59 Å². The van der Waals surface area contributed by atoms with Crippen molar-refractivity contribution in [2.75, 3.05) is 26.4 Å². The number of ether oxygens (including phenoxy) is 4. The second kappa shape index (κ2) is 5.83. The molecule has 0 bridgehead atoms. The minimum absolute atomic E-state index is 0.0353. The monoisotopic (exact) mass is 292 g/mol. The van der Waals surface area contributed by atoms with Crippen LogP contribution < -0.4 is 0 Å². The highest BCUT2D eigenvalue weighted by Gasteiger charge is 2.26. The average Bonchev–Trinajstić information content (AvgIpc) is 3.36. The third kappa shape index (κ3) is 3.80. The van der Waals surface area contributed by atoms with E-state index < -0.39 is 11.9 Å². The molecule has 1 aromatic carbocycles. The Bertz CT molecular complexity index is 559. The molecule has 2 saturated heterocycles. The van der Waals surface area contributed by atoms with E-state index >= 15 is 0 Å². The van der Waals surface area contributed by atoms with Gasteiger partial charge in [-0.3, -0.25) is 0 Å². The van der Waals surface area contributed by atoms with Crippen molar-refractivity contribution in [3.05, 3.63) is 34.9 Å². The number of carbonyl (C=O) groups excluding carboxylic acids is 2. The fourth-order valence-corrected chi connectivity index (χ4v) is 1.85. The molecule has 1 aromatic rings. The number of aryl methyl sites for hydroxylation is 1. The first-order valence-corrected chi connectivity index (χ1v) is 6.81. The van der Waals surface area contributed by atoms with Crippen molar-refractivity contribution < 1.29 is 28.5 Å². The van der Waals surface area contributed by atoms with Crippen LogP contribution in [0, 0.1) is 6.92 Å². The fraction of sp³-hybridized carbons (Fsp3) is 0.467. The molecule has 0 saturated carbocycles. The summed E-state index contributed by atoms with van der Waals surface area (Å²) in [5.41, 5.74) is 1.53. The Hall–Kier alpha value is -1.92. The number of esters is 2. The molecule has 0 spiro atoms. The Morgan fingerprint density at radius 1 is 1.10 bits per heavy atom. The largest absolute Gasteiger partial charge is 0.459 e. The maximum absolute atomic E-state index is 11.9. The molecule has 2 fully saturated rings. The van der Waals surface area contributed by atoms with Crippen LogP contribution in [-0.2, 0) is 18.9 Å². The van der Waals surface area contributed by atoms with Gasteiger partial charge in [-0.1, -0.05) is 0 Å². The van der Waals surface area contributed by atoms with E-state index in [1.54, 1.807) is 25.1 Å². The van der Waals surface area contributed by atoms with E-state index in [1.807, 2.05) is 0 Å². The van der Waals surface area contributed by atoms with E-state index in [4.69, 9.17) is 18.9 Å². The molecule has 112 valence electrons. The number of benzene rings is 1. The molecule has 2 aliphatic heterocycles. The lowest BCUT2D eigenvalue weighted by atomic mass is 10.1. The van der Waals surface area contributed by atoms with E-state index in [0.717, 1.165) is 0 Å². The van der Waals surface area contributed by atoms with Crippen LogP contribution in [0.5, 0.6) is 0 Å². The van der Waals surface area contributed by atoms with Crippen LogP contribution in [0.1, 0.15) is 26.3 Å². The summed E-state index contributed by atoms with van der Waals surface area (Å²) in [6.07, 6.45) is 0.0714. The van der Waals surface area contributed by atoms with Gasteiger partial charge in [0.1, 0.15) is 25.4 Å². The minimum Gasteiger partial charge on any atom is -0.459 e. The smallest absolute Gasteiger partial charge is 0.338 e. The lowest BCUT2D eigenvalue weighted by Gasteiger charge is -2.08. The molecule has 2 aliphatic rings. The van der Waals surface area contributed by atoms with E-state index in [2.05, 4.69) is 0 Å². The summed E-state index contributed by atoms with van der Waals surface area (Å²) in [6.45, 7) is 3.57. The summed E-state index contributed by atoms with van der Waals surface area (Å²) in [4.78, 5) is 23.7. The maximum atomic E-state index is 11.9. The Morgan fingerprint density at radius 2 is 1.67 bits per heavy atom. The molecule has 2 heterocycles. The highest BCUT2D eigenvalue weighted by Crippen LogP contribution is 2.16. The molecular weight excluding hydrogens is 276 g/mol. The van der Waals surface area contributed by atoms with Gasteiger partial charge >= 0.3 is 11.9 Å². The topological polar surface area (TPSA) is 77.7 Å². The highest BCUT2D eigenvalue weighted by atomic mass is 16.6. The molecule has 2 atom stereocenters. The van der Waals surface area contributed by atoms with Gasteiger partial charge in [0, 0.05) is 0 Å². The third-order valence-corrected chi connectivity index (χ3v) is 3.29. The van der Waals surface area contributed by atoms with Crippen molar-refractivity contribution in [2.45, 2.75) is 19.1 Å². The SMILES string of the molecule is Cc1cc(C(=O)OCC2CO2)ccc1C(=O)OCC1CO1. The normalized spacial score (nSPS) is 22.5. The van der Waals surface area contributed by atoms with Crippen LogP contribution in [0.15, 0.2) is 18.2 Å². The third-order valence-electron chi connectivity index (χ3n) is 3.29. The van der Waals surface area contributed by atoms with Crippen LogP contribution >= 0.6 is 0 Å². The van der Waals surface area contributed by atoms with Gasteiger partial charge in [0.15, 0.2) is 0 Å². The summed E-state index contributed by atoms with van der Waals surface area (Å²) >= 11 is 0. The van der Waals surface area contributed by atoms with E-state index in [9.17, 15) is 9.59 Å². The number of hydrogen-bond donors (Lipinski definition) is 0. The van der Waals surface area contributed by atoms with Crippen molar-refractivity contribution in [1.82, 2.24) is 0 Å². The van der Waals surface area contributed by atoms with Crippen molar-refractivity contribution >= 4 is 11.9 Å². The Labute approximate surface area is 121 Å². The van der Waals surface area contributed by atoms with Gasteiger partial charge in [0.05, 0.1) is 24.3 Å². The van der Waals surface area contributed by atoms with Crippen LogP contribution in [0.3, 0.4) is 0 Å². The zero-order valence-corrected chi connectivity index (χ0v) is 11.7. The van der Waals surface area contributed by atoms with Gasteiger partial charge in [-0.2, -0.15) is 0 Å². The van der Waals surface area contributed by atoms with Crippen LogP contribution in [0.2, 0.25) is 0 Å². The quantitative estimate of drug-likeness (QED) is 0.577. The Kier molecular flexibility index (Phi) is 3.90. The molecule has 21 heavy (non-hydrogen) atoms. The summed E-state index contributed by atoms with van der Waals surface area (Å²) in [5.74, 6) is -0.825. The lowest BCUT2D eigenvalue weighted by molar-refractivity contribution is 0.0462. The van der Waals surface area contributed by atoms with Crippen molar-refractivity contribution in [3.8, 4) is 0 Å². The second-order valence-corrected chi connectivity index (χ2v) is 5.14. The molecule has 0 aromatic heterocycles. The van der Waals surface area contributed by atoms with Crippen LogP contribution in [-0.4, -0.2) is 50.6 Å². The summed E-state index contributed by atoms with van der Waals surface area (Å²) in [5, 5.41) is 0. The van der Waals surface area contributed by atoms with Crippen molar-refractivity contribution in [2.24, 2.45) is 0 Å². The summed E-state index contributed by atoms with van der Waals surface area (Å²) in [6, 6.07) is 4.77. The number of hydrogen-bond acceptors (Lipinski definition) is 6. The predicted octanol–water partition coefficient (Wildman–Crippen LogP) is 1.11. The molecule has 6 heteroatoms. The van der Waals surface area contributed by atoms with E-state index in [-0.39, 0.29) is 25.4 Å².